The van der Waals surface area contributed by atoms with Crippen LogP contribution in [0.1, 0.15) is 27.3 Å². The molecule has 5 nitrogen and oxygen atoms in total. The van der Waals surface area contributed by atoms with Gasteiger partial charge in [-0.1, -0.05) is 18.2 Å². The zero-order valence-electron chi connectivity index (χ0n) is 15.4. The van der Waals surface area contributed by atoms with Gasteiger partial charge in [0.05, 0.1) is 18.5 Å². The molecule has 0 aliphatic rings. The predicted molar refractivity (Wildman–Crippen MR) is 104 cm³/mol. The average molecular weight is 357 g/mol. The molecule has 5 heteroatoms. The molecule has 0 amide bonds. The van der Waals surface area contributed by atoms with Crippen LogP contribution in [-0.2, 0) is 0 Å². The quantitative estimate of drug-likeness (QED) is 0.388. The van der Waals surface area contributed by atoms with Gasteiger partial charge in [0.1, 0.15) is 17.4 Å². The predicted octanol–water partition coefficient (Wildman–Crippen LogP) is 4.29. The summed E-state index contributed by atoms with van der Waals surface area (Å²) in [6.07, 6.45) is 1.61. The van der Waals surface area contributed by atoms with Gasteiger partial charge in [0.15, 0.2) is 0 Å². The van der Waals surface area contributed by atoms with E-state index in [1.165, 1.54) is 0 Å². The lowest BCUT2D eigenvalue weighted by molar-refractivity contribution is 0.104. The van der Waals surface area contributed by atoms with E-state index in [1.807, 2.05) is 54.9 Å². The number of methoxy groups -OCH3 is 1. The number of benzene rings is 2. The largest absolute Gasteiger partial charge is 0.497 e. The van der Waals surface area contributed by atoms with Crippen molar-refractivity contribution in [3.05, 3.63) is 82.7 Å². The molecule has 1 heterocycles. The Labute approximate surface area is 158 Å². The smallest absolute Gasteiger partial charge is 0.203 e. The Morgan fingerprint density at radius 3 is 2.37 bits per heavy atom. The molecule has 3 rings (SSSR count). The third-order valence-electron chi connectivity index (χ3n) is 4.35. The van der Waals surface area contributed by atoms with Crippen molar-refractivity contribution in [2.75, 3.05) is 7.11 Å². The van der Waals surface area contributed by atoms with Crippen LogP contribution in [0.2, 0.25) is 0 Å². The first-order valence-electron chi connectivity index (χ1n) is 8.47. The van der Waals surface area contributed by atoms with E-state index in [0.717, 1.165) is 22.6 Å². The van der Waals surface area contributed by atoms with Gasteiger partial charge in [0, 0.05) is 16.8 Å². The molecule has 0 atom stereocenters. The van der Waals surface area contributed by atoms with Gasteiger partial charge in [-0.3, -0.25) is 4.79 Å². The van der Waals surface area contributed by atoms with Crippen LogP contribution in [0, 0.1) is 25.2 Å². The second kappa shape index (κ2) is 7.71. The van der Waals surface area contributed by atoms with Gasteiger partial charge in [-0.2, -0.15) is 10.4 Å². The Balaban J connectivity index is 2.00. The maximum absolute atomic E-state index is 12.7. The van der Waals surface area contributed by atoms with Crippen LogP contribution in [0.5, 0.6) is 5.75 Å². The Kier molecular flexibility index (Phi) is 5.18. The SMILES string of the molecule is COc1ccc(C(=O)/C(C#N)=C/c2c(C)nn(-c3ccccc3)c2C)cc1. The Morgan fingerprint density at radius 1 is 1.11 bits per heavy atom. The van der Waals surface area contributed by atoms with E-state index in [2.05, 4.69) is 5.10 Å². The monoisotopic (exact) mass is 357 g/mol. The van der Waals surface area contributed by atoms with Crippen LogP contribution < -0.4 is 4.74 Å². The molecule has 0 spiro atoms. The number of Topliss-reactive ketones (excluding diaryl/α,β-unsaturated/α-hetero) is 1. The highest BCUT2D eigenvalue weighted by Crippen LogP contribution is 2.22. The number of hydrogen-bond acceptors (Lipinski definition) is 4. The third kappa shape index (κ3) is 3.65. The molecule has 0 aliphatic heterocycles. The van der Waals surface area contributed by atoms with E-state index in [-0.39, 0.29) is 11.4 Å². The molecule has 134 valence electrons. The van der Waals surface area contributed by atoms with E-state index in [1.54, 1.807) is 37.5 Å². The normalized spacial score (nSPS) is 11.1. The van der Waals surface area contributed by atoms with Crippen molar-refractivity contribution in [3.8, 4) is 17.5 Å². The summed E-state index contributed by atoms with van der Waals surface area (Å²) >= 11 is 0. The fourth-order valence-corrected chi connectivity index (χ4v) is 2.88. The molecule has 0 radical (unpaired) electrons. The second-order valence-corrected chi connectivity index (χ2v) is 6.06. The first-order chi connectivity index (χ1) is 13.0. The molecule has 0 aliphatic carbocycles. The number of hydrogen-bond donors (Lipinski definition) is 0. The topological polar surface area (TPSA) is 67.9 Å². The standard InChI is InChI=1S/C22H19N3O2/c1-15-21(16(2)25(24-15)19-7-5-4-6-8-19)13-18(14-23)22(26)17-9-11-20(27-3)12-10-17/h4-13H,1-3H3/b18-13+. The van der Waals surface area contributed by atoms with Gasteiger partial charge in [-0.25, -0.2) is 4.68 Å². The molecular weight excluding hydrogens is 338 g/mol. The second-order valence-electron chi connectivity index (χ2n) is 6.06. The van der Waals surface area contributed by atoms with Crippen LogP contribution >= 0.6 is 0 Å². The summed E-state index contributed by atoms with van der Waals surface area (Å²) in [6.45, 7) is 3.79. The lowest BCUT2D eigenvalue weighted by Crippen LogP contribution is -2.02. The van der Waals surface area contributed by atoms with Crippen molar-refractivity contribution in [1.82, 2.24) is 9.78 Å². The molecule has 1 aromatic heterocycles. The van der Waals surface area contributed by atoms with Crippen molar-refractivity contribution in [2.24, 2.45) is 0 Å². The molecule has 0 saturated carbocycles. The summed E-state index contributed by atoms with van der Waals surface area (Å²) in [5.74, 6) is 0.330. The van der Waals surface area contributed by atoms with E-state index in [4.69, 9.17) is 4.74 Å². The van der Waals surface area contributed by atoms with Gasteiger partial charge in [-0.05, 0) is 56.3 Å². The van der Waals surface area contributed by atoms with Crippen molar-refractivity contribution in [1.29, 1.82) is 5.26 Å². The fourth-order valence-electron chi connectivity index (χ4n) is 2.88. The summed E-state index contributed by atoms with van der Waals surface area (Å²) < 4.78 is 6.92. The molecule has 0 N–H and O–H groups in total. The minimum atomic E-state index is -0.327. The number of allylic oxidation sites excluding steroid dienone is 1. The highest BCUT2D eigenvalue weighted by atomic mass is 16.5. The minimum Gasteiger partial charge on any atom is -0.497 e. The van der Waals surface area contributed by atoms with E-state index in [9.17, 15) is 10.1 Å². The number of nitriles is 1. The fraction of sp³-hybridized carbons (Fsp3) is 0.136. The molecular formula is C22H19N3O2. The third-order valence-corrected chi connectivity index (χ3v) is 4.35. The highest BCUT2D eigenvalue weighted by Gasteiger charge is 2.16. The highest BCUT2D eigenvalue weighted by molar-refractivity contribution is 6.14. The van der Waals surface area contributed by atoms with Crippen LogP contribution in [0.3, 0.4) is 0 Å². The van der Waals surface area contributed by atoms with Gasteiger partial charge in [-0.15, -0.1) is 0 Å². The summed E-state index contributed by atoms with van der Waals surface area (Å²) in [5, 5.41) is 14.1. The number of para-hydroxylation sites is 1. The number of carbonyl (C=O) groups excluding carboxylic acids is 1. The van der Waals surface area contributed by atoms with Gasteiger partial charge < -0.3 is 4.74 Å². The molecule has 0 fully saturated rings. The maximum Gasteiger partial charge on any atom is 0.203 e. The zero-order chi connectivity index (χ0) is 19.4. The Hall–Kier alpha value is -3.65. The number of aromatic nitrogens is 2. The van der Waals surface area contributed by atoms with Crippen LogP contribution in [0.25, 0.3) is 11.8 Å². The first-order valence-corrected chi connectivity index (χ1v) is 8.47. The average Bonchev–Trinajstić information content (AvgIpc) is 3.00. The summed E-state index contributed by atoms with van der Waals surface area (Å²) in [4.78, 5) is 12.7. The molecule has 2 aromatic carbocycles. The van der Waals surface area contributed by atoms with Gasteiger partial charge in [0.2, 0.25) is 5.78 Å². The lowest BCUT2D eigenvalue weighted by Gasteiger charge is -2.04. The maximum atomic E-state index is 12.7. The van der Waals surface area contributed by atoms with Crippen molar-refractivity contribution in [2.45, 2.75) is 13.8 Å². The number of carbonyl (C=O) groups is 1. The van der Waals surface area contributed by atoms with Crippen LogP contribution in [0.4, 0.5) is 0 Å². The van der Waals surface area contributed by atoms with Crippen molar-refractivity contribution in [3.63, 3.8) is 0 Å². The van der Waals surface area contributed by atoms with Crippen LogP contribution in [0.15, 0.2) is 60.2 Å². The van der Waals surface area contributed by atoms with Crippen molar-refractivity contribution < 1.29 is 9.53 Å². The molecule has 3 aromatic rings. The zero-order valence-corrected chi connectivity index (χ0v) is 15.4. The molecule has 27 heavy (non-hydrogen) atoms. The molecule has 0 bridgehead atoms. The number of rotatable bonds is 5. The van der Waals surface area contributed by atoms with E-state index < -0.39 is 0 Å². The number of ether oxygens (including phenoxy) is 1. The molecule has 0 saturated heterocycles. The summed E-state index contributed by atoms with van der Waals surface area (Å²) in [7, 11) is 1.56. The number of ketones is 1. The summed E-state index contributed by atoms with van der Waals surface area (Å²) in [5.41, 5.74) is 3.84. The first kappa shape index (κ1) is 18.2. The van der Waals surface area contributed by atoms with Gasteiger partial charge >= 0.3 is 0 Å². The molecule has 0 unspecified atom stereocenters. The van der Waals surface area contributed by atoms with E-state index >= 15 is 0 Å². The number of aryl methyl sites for hydroxylation is 1. The lowest BCUT2D eigenvalue weighted by atomic mass is 10.0. The van der Waals surface area contributed by atoms with Crippen molar-refractivity contribution >= 4 is 11.9 Å². The minimum absolute atomic E-state index is 0.0685. The number of nitrogens with zero attached hydrogens (tertiary/aromatic N) is 3. The summed E-state index contributed by atoms with van der Waals surface area (Å²) in [6, 6.07) is 18.5. The Morgan fingerprint density at radius 2 is 1.78 bits per heavy atom. The van der Waals surface area contributed by atoms with Crippen LogP contribution in [-0.4, -0.2) is 22.7 Å². The van der Waals surface area contributed by atoms with E-state index in [0.29, 0.717) is 11.3 Å². The van der Waals surface area contributed by atoms with Gasteiger partial charge in [0.25, 0.3) is 0 Å². The Bertz CT molecular complexity index is 1040.